The highest BCUT2D eigenvalue weighted by Gasteiger charge is 2.08. The third-order valence-corrected chi connectivity index (χ3v) is 1.88. The summed E-state index contributed by atoms with van der Waals surface area (Å²) in [4.78, 5) is 7.90. The van der Waals surface area contributed by atoms with Gasteiger partial charge in [0.1, 0.15) is 23.6 Å². The molecule has 0 aliphatic carbocycles. The van der Waals surface area contributed by atoms with Crippen LogP contribution in [-0.4, -0.2) is 16.6 Å². The van der Waals surface area contributed by atoms with Crippen LogP contribution in [0, 0.1) is 0 Å². The number of nitrogens with zero attached hydrogens (tertiary/aromatic N) is 2. The molecule has 0 radical (unpaired) electrons. The van der Waals surface area contributed by atoms with Crippen molar-refractivity contribution in [2.24, 2.45) is 0 Å². The first-order chi connectivity index (χ1) is 6.36. The van der Waals surface area contributed by atoms with E-state index in [1.54, 1.807) is 6.07 Å². The fourth-order valence-electron chi connectivity index (χ4n) is 1.24. The Morgan fingerprint density at radius 1 is 1.38 bits per heavy atom. The quantitative estimate of drug-likeness (QED) is 0.700. The molecule has 1 aliphatic rings. The lowest BCUT2D eigenvalue weighted by Crippen LogP contribution is -2.03. The second-order valence-corrected chi connectivity index (χ2v) is 2.89. The molecule has 0 aromatic carbocycles. The lowest BCUT2D eigenvalue weighted by Gasteiger charge is -2.13. The molecule has 4 nitrogen and oxygen atoms in total. The third-order valence-electron chi connectivity index (χ3n) is 1.88. The lowest BCUT2D eigenvalue weighted by molar-refractivity contribution is 0.257. The Bertz CT molecular complexity index is 335. The van der Waals surface area contributed by atoms with Crippen LogP contribution in [0.3, 0.4) is 0 Å². The topological polar surface area (TPSA) is 61.0 Å². The molecule has 2 rings (SSSR count). The normalized spacial score (nSPS) is 16.2. The van der Waals surface area contributed by atoms with Crippen LogP contribution < -0.4 is 5.73 Å². The SMILES string of the molecule is Nc1cc(C2=CCCCO2)ncn1. The van der Waals surface area contributed by atoms with Gasteiger partial charge in [0, 0.05) is 6.07 Å². The molecular weight excluding hydrogens is 166 g/mol. The third kappa shape index (κ3) is 1.77. The van der Waals surface area contributed by atoms with Crippen molar-refractivity contribution in [1.82, 2.24) is 9.97 Å². The van der Waals surface area contributed by atoms with Gasteiger partial charge in [-0.15, -0.1) is 0 Å². The van der Waals surface area contributed by atoms with E-state index in [4.69, 9.17) is 10.5 Å². The van der Waals surface area contributed by atoms with Crippen LogP contribution in [-0.2, 0) is 4.74 Å². The van der Waals surface area contributed by atoms with Crippen LogP contribution in [0.4, 0.5) is 5.82 Å². The van der Waals surface area contributed by atoms with Crippen molar-refractivity contribution in [2.45, 2.75) is 12.8 Å². The fourth-order valence-corrected chi connectivity index (χ4v) is 1.24. The van der Waals surface area contributed by atoms with Crippen molar-refractivity contribution < 1.29 is 4.74 Å². The monoisotopic (exact) mass is 177 g/mol. The first-order valence-electron chi connectivity index (χ1n) is 4.27. The van der Waals surface area contributed by atoms with E-state index in [0.717, 1.165) is 30.9 Å². The molecule has 1 aliphatic heterocycles. The maximum atomic E-state index is 5.53. The minimum atomic E-state index is 0.472. The molecule has 0 saturated heterocycles. The molecule has 1 aromatic rings. The summed E-state index contributed by atoms with van der Waals surface area (Å²) >= 11 is 0. The average molecular weight is 177 g/mol. The second-order valence-electron chi connectivity index (χ2n) is 2.89. The lowest BCUT2D eigenvalue weighted by atomic mass is 10.2. The molecule has 0 fully saturated rings. The molecule has 0 atom stereocenters. The number of allylic oxidation sites excluding steroid dienone is 1. The number of aromatic nitrogens is 2. The van der Waals surface area contributed by atoms with Crippen LogP contribution in [0.15, 0.2) is 18.5 Å². The Kier molecular flexibility index (Phi) is 2.12. The van der Waals surface area contributed by atoms with Gasteiger partial charge in [0.15, 0.2) is 0 Å². The van der Waals surface area contributed by atoms with Gasteiger partial charge in [-0.1, -0.05) is 0 Å². The molecular formula is C9H11N3O. The van der Waals surface area contributed by atoms with Crippen molar-refractivity contribution in [3.05, 3.63) is 24.2 Å². The Labute approximate surface area is 76.5 Å². The molecule has 1 aromatic heterocycles. The van der Waals surface area contributed by atoms with E-state index in [9.17, 15) is 0 Å². The number of ether oxygens (including phenoxy) is 1. The minimum Gasteiger partial charge on any atom is -0.492 e. The van der Waals surface area contributed by atoms with Crippen LogP contribution in [0.1, 0.15) is 18.5 Å². The van der Waals surface area contributed by atoms with Crippen LogP contribution in [0.25, 0.3) is 5.76 Å². The second kappa shape index (κ2) is 3.43. The van der Waals surface area contributed by atoms with Gasteiger partial charge in [-0.3, -0.25) is 0 Å². The van der Waals surface area contributed by atoms with E-state index >= 15 is 0 Å². The summed E-state index contributed by atoms with van der Waals surface area (Å²) in [6.07, 6.45) is 5.60. The zero-order valence-corrected chi connectivity index (χ0v) is 7.23. The van der Waals surface area contributed by atoms with Gasteiger partial charge in [0.25, 0.3) is 0 Å². The van der Waals surface area contributed by atoms with E-state index in [-0.39, 0.29) is 0 Å². The molecule has 13 heavy (non-hydrogen) atoms. The summed E-state index contributed by atoms with van der Waals surface area (Å²) in [5.74, 6) is 1.29. The summed E-state index contributed by atoms with van der Waals surface area (Å²) < 4.78 is 5.43. The highest BCUT2D eigenvalue weighted by atomic mass is 16.5. The first-order valence-corrected chi connectivity index (χ1v) is 4.27. The standard InChI is InChI=1S/C9H11N3O/c10-9-5-7(11-6-12-9)8-3-1-2-4-13-8/h3,5-6H,1-2,4H2,(H2,10,11,12). The van der Waals surface area contributed by atoms with E-state index in [2.05, 4.69) is 9.97 Å². The molecule has 0 amide bonds. The van der Waals surface area contributed by atoms with Crippen molar-refractivity contribution in [3.63, 3.8) is 0 Å². The molecule has 4 heteroatoms. The van der Waals surface area contributed by atoms with E-state index in [1.165, 1.54) is 6.33 Å². The highest BCUT2D eigenvalue weighted by Crippen LogP contribution is 2.19. The number of nitrogens with two attached hydrogens (primary N) is 1. The fraction of sp³-hybridized carbons (Fsp3) is 0.333. The summed E-state index contributed by atoms with van der Waals surface area (Å²) in [6, 6.07) is 1.72. The minimum absolute atomic E-state index is 0.472. The van der Waals surface area contributed by atoms with Crippen LogP contribution in [0.5, 0.6) is 0 Å². The smallest absolute Gasteiger partial charge is 0.141 e. The number of hydrogen-bond donors (Lipinski definition) is 1. The van der Waals surface area contributed by atoms with Gasteiger partial charge < -0.3 is 10.5 Å². The number of rotatable bonds is 1. The maximum absolute atomic E-state index is 5.53. The van der Waals surface area contributed by atoms with E-state index < -0.39 is 0 Å². The Morgan fingerprint density at radius 3 is 3.00 bits per heavy atom. The van der Waals surface area contributed by atoms with Gasteiger partial charge in [-0.25, -0.2) is 9.97 Å². The summed E-state index contributed by atoms with van der Waals surface area (Å²) in [5, 5.41) is 0. The molecule has 68 valence electrons. The number of hydrogen-bond acceptors (Lipinski definition) is 4. The Balaban J connectivity index is 2.29. The van der Waals surface area contributed by atoms with Crippen molar-refractivity contribution in [3.8, 4) is 0 Å². The zero-order valence-electron chi connectivity index (χ0n) is 7.23. The summed E-state index contributed by atoms with van der Waals surface area (Å²) in [5.41, 5.74) is 6.30. The van der Waals surface area contributed by atoms with Crippen molar-refractivity contribution in [1.29, 1.82) is 0 Å². The molecule has 0 spiro atoms. The predicted octanol–water partition coefficient (Wildman–Crippen LogP) is 1.21. The number of anilines is 1. The molecule has 0 saturated carbocycles. The average Bonchev–Trinajstić information content (AvgIpc) is 2.19. The maximum Gasteiger partial charge on any atom is 0.141 e. The predicted molar refractivity (Wildman–Crippen MR) is 49.6 cm³/mol. The van der Waals surface area contributed by atoms with Gasteiger partial charge in [-0.2, -0.15) is 0 Å². The van der Waals surface area contributed by atoms with Crippen molar-refractivity contribution in [2.75, 3.05) is 12.3 Å². The van der Waals surface area contributed by atoms with E-state index in [1.807, 2.05) is 6.08 Å². The number of nitrogen functional groups attached to an aromatic ring is 1. The van der Waals surface area contributed by atoms with Gasteiger partial charge in [0.05, 0.1) is 6.61 Å². The Morgan fingerprint density at radius 2 is 2.31 bits per heavy atom. The van der Waals surface area contributed by atoms with Gasteiger partial charge in [0.2, 0.25) is 0 Å². The first kappa shape index (κ1) is 8.04. The van der Waals surface area contributed by atoms with Crippen LogP contribution in [0.2, 0.25) is 0 Å². The van der Waals surface area contributed by atoms with E-state index in [0.29, 0.717) is 5.82 Å². The highest BCUT2D eigenvalue weighted by molar-refractivity contribution is 5.58. The molecule has 0 bridgehead atoms. The molecule has 2 heterocycles. The summed E-state index contributed by atoms with van der Waals surface area (Å²) in [7, 11) is 0. The van der Waals surface area contributed by atoms with Crippen LogP contribution >= 0.6 is 0 Å². The van der Waals surface area contributed by atoms with Gasteiger partial charge in [-0.05, 0) is 18.9 Å². The van der Waals surface area contributed by atoms with Gasteiger partial charge >= 0.3 is 0 Å². The molecule has 2 N–H and O–H groups in total. The zero-order chi connectivity index (χ0) is 9.10. The Hall–Kier alpha value is -1.58. The van der Waals surface area contributed by atoms with Crippen molar-refractivity contribution >= 4 is 11.6 Å². The summed E-state index contributed by atoms with van der Waals surface area (Å²) in [6.45, 7) is 0.760. The molecule has 0 unspecified atom stereocenters. The largest absolute Gasteiger partial charge is 0.492 e.